The van der Waals surface area contributed by atoms with Crippen molar-refractivity contribution < 1.29 is 0 Å². The quantitative estimate of drug-likeness (QED) is 0.121. The molecule has 60 heavy (non-hydrogen) atoms. The second-order valence-electron chi connectivity index (χ2n) is 16.1. The van der Waals surface area contributed by atoms with Crippen molar-refractivity contribution in [1.82, 2.24) is 0 Å². The van der Waals surface area contributed by atoms with E-state index in [1.54, 1.807) is 0 Å². The summed E-state index contributed by atoms with van der Waals surface area (Å²) >= 11 is 0. The summed E-state index contributed by atoms with van der Waals surface area (Å²) in [6.07, 6.45) is 16.0. The summed E-state index contributed by atoms with van der Waals surface area (Å²) in [5.41, 5.74) is 12.5. The van der Waals surface area contributed by atoms with E-state index in [0.29, 0.717) is 12.8 Å². The van der Waals surface area contributed by atoms with Crippen LogP contribution in [-0.2, 0) is 0 Å². The monoisotopic (exact) mass is 777 g/mol. The summed E-state index contributed by atoms with van der Waals surface area (Å²) in [4.78, 5) is 7.91. The zero-order valence-corrected chi connectivity index (χ0v) is 34.7. The summed E-state index contributed by atoms with van der Waals surface area (Å²) in [6.45, 7) is 6.59. The van der Waals surface area contributed by atoms with Crippen LogP contribution in [0.2, 0.25) is 0 Å². The Kier molecular flexibility index (Phi) is 10.7. The lowest BCUT2D eigenvalue weighted by Crippen LogP contribution is -2.71. The van der Waals surface area contributed by atoms with Crippen molar-refractivity contribution in [2.45, 2.75) is 44.9 Å². The number of hydrogen-bond acceptors (Lipinski definition) is 3. The van der Waals surface area contributed by atoms with E-state index in [1.807, 2.05) is 0 Å². The lowest BCUT2D eigenvalue weighted by molar-refractivity contribution is 0.362. The Balaban J connectivity index is 1.40. The van der Waals surface area contributed by atoms with Crippen molar-refractivity contribution in [2.75, 3.05) is 14.7 Å². The Morgan fingerprint density at radius 3 is 1.03 bits per heavy atom. The first-order valence-electron chi connectivity index (χ1n) is 21.0. The molecule has 3 nitrogen and oxygen atoms in total. The lowest BCUT2D eigenvalue weighted by Gasteiger charge is -2.62. The van der Waals surface area contributed by atoms with Gasteiger partial charge in [-0.2, -0.15) is 0 Å². The Bertz CT molecular complexity index is 2530. The Morgan fingerprint density at radius 1 is 0.350 bits per heavy atom. The largest absolute Gasteiger partial charge is 0.317 e. The molecule has 294 valence electrons. The molecule has 0 radical (unpaired) electrons. The first-order valence-corrected chi connectivity index (χ1v) is 21.0. The highest BCUT2D eigenvalue weighted by molar-refractivity contribution is 5.84. The van der Waals surface area contributed by atoms with E-state index in [9.17, 15) is 0 Å². The van der Waals surface area contributed by atoms with Gasteiger partial charge in [-0.25, -0.2) is 0 Å². The zero-order chi connectivity index (χ0) is 40.9. The van der Waals surface area contributed by atoms with Crippen molar-refractivity contribution in [1.29, 1.82) is 0 Å². The van der Waals surface area contributed by atoms with Crippen LogP contribution in [0, 0.1) is 20.8 Å². The van der Waals surface area contributed by atoms with Crippen molar-refractivity contribution in [3.05, 3.63) is 258 Å². The van der Waals surface area contributed by atoms with Gasteiger partial charge < -0.3 is 14.7 Å². The van der Waals surface area contributed by atoms with Gasteiger partial charge in [-0.1, -0.05) is 158 Å². The number of rotatable bonds is 11. The molecule has 3 heteroatoms. The highest BCUT2D eigenvalue weighted by Crippen LogP contribution is 2.52. The third kappa shape index (κ3) is 7.40. The van der Waals surface area contributed by atoms with E-state index in [4.69, 9.17) is 0 Å². The van der Waals surface area contributed by atoms with Gasteiger partial charge in [-0.3, -0.25) is 0 Å². The SMILES string of the molecule is Cc1cccc(N(c2ccccc2)C2(N(c3cccc(C)c3)C3(N(c4ccccc4)c4cccc(C)c4)C=CC(c4ccccc4)=CC3)C=CC(c3ccccc3)=CC2)c1. The molecule has 0 N–H and O–H groups in total. The normalized spacial score (nSPS) is 18.3. The second kappa shape index (κ2) is 16.6. The first-order chi connectivity index (χ1) is 29.4. The van der Waals surface area contributed by atoms with Gasteiger partial charge in [-0.05, 0) is 133 Å². The van der Waals surface area contributed by atoms with E-state index < -0.39 is 11.3 Å². The number of anilines is 5. The van der Waals surface area contributed by atoms with Gasteiger partial charge in [0.05, 0.1) is 0 Å². The van der Waals surface area contributed by atoms with E-state index >= 15 is 0 Å². The molecule has 0 spiro atoms. The van der Waals surface area contributed by atoms with Crippen LogP contribution >= 0.6 is 0 Å². The maximum Gasteiger partial charge on any atom is 0.142 e. The number of aryl methyl sites for hydroxylation is 3. The minimum absolute atomic E-state index is 0.686. The standard InChI is InChI=1S/C57H51N3/c1-44-19-16-30-53(41-44)58(51-26-12-6-13-27-51)56(37-33-49(34-38-56)47-22-8-4-9-23-47)60(55-32-18-21-46(3)43-55)57(39-35-50(36-40-57)48-24-10-5-11-25-48)59(52-28-14-7-15-29-52)54-31-17-20-45(2)42-54/h4-37,39,41-43H,38,40H2,1-3H3. The molecule has 0 saturated carbocycles. The maximum absolute atomic E-state index is 2.74. The molecular weight excluding hydrogens is 727 g/mol. The molecule has 7 aromatic rings. The minimum Gasteiger partial charge on any atom is -0.317 e. The molecular formula is C57H51N3. The molecule has 2 aliphatic rings. The average Bonchev–Trinajstić information content (AvgIpc) is 3.29. The average molecular weight is 778 g/mol. The van der Waals surface area contributed by atoms with E-state index in [1.165, 1.54) is 39.0 Å². The fourth-order valence-electron chi connectivity index (χ4n) is 9.22. The van der Waals surface area contributed by atoms with E-state index in [0.717, 1.165) is 28.4 Å². The molecule has 2 atom stereocenters. The highest BCUT2D eigenvalue weighted by atomic mass is 15.5. The molecule has 0 fully saturated rings. The van der Waals surface area contributed by atoms with Crippen LogP contribution < -0.4 is 14.7 Å². The van der Waals surface area contributed by atoms with Crippen LogP contribution in [0.5, 0.6) is 0 Å². The van der Waals surface area contributed by atoms with Crippen LogP contribution in [0.25, 0.3) is 11.1 Å². The topological polar surface area (TPSA) is 9.72 Å². The van der Waals surface area contributed by atoms with Gasteiger partial charge in [0.2, 0.25) is 0 Å². The van der Waals surface area contributed by atoms with Crippen molar-refractivity contribution in [3.63, 3.8) is 0 Å². The predicted molar refractivity (Wildman–Crippen MR) is 255 cm³/mol. The Morgan fingerprint density at radius 2 is 0.683 bits per heavy atom. The highest BCUT2D eigenvalue weighted by Gasteiger charge is 2.54. The molecule has 9 rings (SSSR count). The zero-order valence-electron chi connectivity index (χ0n) is 34.7. The number of allylic oxidation sites excluding steroid dienone is 4. The third-order valence-electron chi connectivity index (χ3n) is 11.9. The maximum atomic E-state index is 2.74. The van der Waals surface area contributed by atoms with E-state index in [2.05, 4.69) is 266 Å². The summed E-state index contributed by atoms with van der Waals surface area (Å²) in [7, 11) is 0. The predicted octanol–water partition coefficient (Wildman–Crippen LogP) is 14.6. The van der Waals surface area contributed by atoms with E-state index in [-0.39, 0.29) is 0 Å². The van der Waals surface area contributed by atoms with Gasteiger partial charge in [0, 0.05) is 41.3 Å². The molecule has 0 bridgehead atoms. The lowest BCUT2D eigenvalue weighted by atomic mass is 9.82. The van der Waals surface area contributed by atoms with Gasteiger partial charge in [0.25, 0.3) is 0 Å². The number of hydrogen-bond donors (Lipinski definition) is 0. The summed E-state index contributed by atoms with van der Waals surface area (Å²) in [6, 6.07) is 70.6. The second-order valence-corrected chi connectivity index (χ2v) is 16.1. The van der Waals surface area contributed by atoms with Crippen LogP contribution in [0.1, 0.15) is 40.7 Å². The molecule has 0 aromatic heterocycles. The van der Waals surface area contributed by atoms with Gasteiger partial charge in [0.1, 0.15) is 11.3 Å². The molecule has 0 amide bonds. The number of para-hydroxylation sites is 2. The number of benzene rings is 7. The van der Waals surface area contributed by atoms with Gasteiger partial charge in [-0.15, -0.1) is 0 Å². The smallest absolute Gasteiger partial charge is 0.142 e. The fraction of sp³-hybridized carbons (Fsp3) is 0.123. The van der Waals surface area contributed by atoms with Gasteiger partial charge >= 0.3 is 0 Å². The van der Waals surface area contributed by atoms with Crippen LogP contribution in [0.15, 0.2) is 231 Å². The minimum atomic E-state index is -0.791. The molecule has 7 aromatic carbocycles. The molecule has 2 unspecified atom stereocenters. The summed E-state index contributed by atoms with van der Waals surface area (Å²) in [5, 5.41) is 0. The number of nitrogens with zero attached hydrogens (tertiary/aromatic N) is 3. The third-order valence-corrected chi connectivity index (χ3v) is 11.9. The van der Waals surface area contributed by atoms with Crippen LogP contribution in [-0.4, -0.2) is 11.3 Å². The van der Waals surface area contributed by atoms with Crippen molar-refractivity contribution >= 4 is 39.6 Å². The molecule has 0 heterocycles. The van der Waals surface area contributed by atoms with Crippen LogP contribution in [0.4, 0.5) is 28.4 Å². The van der Waals surface area contributed by atoms with Crippen molar-refractivity contribution in [2.24, 2.45) is 0 Å². The fourth-order valence-corrected chi connectivity index (χ4v) is 9.22. The summed E-state index contributed by atoms with van der Waals surface area (Å²) < 4.78 is 0. The van der Waals surface area contributed by atoms with Crippen LogP contribution in [0.3, 0.4) is 0 Å². The first kappa shape index (κ1) is 38.4. The summed E-state index contributed by atoms with van der Waals surface area (Å²) in [5.74, 6) is 0. The van der Waals surface area contributed by atoms with Gasteiger partial charge in [0.15, 0.2) is 0 Å². The van der Waals surface area contributed by atoms with Crippen molar-refractivity contribution in [3.8, 4) is 0 Å². The molecule has 0 saturated heterocycles. The molecule has 0 aliphatic heterocycles. The Labute approximate surface area is 356 Å². The molecule has 2 aliphatic carbocycles. The Hall–Kier alpha value is -7.10.